The molecule has 19 heavy (non-hydrogen) atoms. The van der Waals surface area contributed by atoms with Crippen LogP contribution in [0.5, 0.6) is 0 Å². The van der Waals surface area contributed by atoms with Crippen LogP contribution in [0, 0.1) is 0 Å². The second-order valence-electron chi connectivity index (χ2n) is 3.63. The van der Waals surface area contributed by atoms with E-state index >= 15 is 0 Å². The van der Waals surface area contributed by atoms with E-state index in [1.165, 1.54) is 0 Å². The topological polar surface area (TPSA) is 149 Å². The molecule has 0 aromatic heterocycles. The Kier molecular flexibility index (Phi) is 6.22. The van der Waals surface area contributed by atoms with Crippen molar-refractivity contribution < 1.29 is 45.2 Å². The molecule has 1 rings (SSSR count). The monoisotopic (exact) mass is 322 g/mol. The van der Waals surface area contributed by atoms with Crippen LogP contribution in [0.15, 0.2) is 0 Å². The fourth-order valence-corrected chi connectivity index (χ4v) is 1.84. The van der Waals surface area contributed by atoms with Crippen molar-refractivity contribution in [2.75, 3.05) is 19.7 Å². The number of aliphatic hydroxyl groups is 2. The van der Waals surface area contributed by atoms with E-state index in [0.29, 0.717) is 0 Å². The molecule has 0 aliphatic carbocycles. The molecule has 1 aliphatic heterocycles. The van der Waals surface area contributed by atoms with Crippen LogP contribution < -0.4 is 0 Å². The Morgan fingerprint density at radius 1 is 1.32 bits per heavy atom. The van der Waals surface area contributed by atoms with Crippen LogP contribution in [0.2, 0.25) is 0 Å². The third-order valence-corrected chi connectivity index (χ3v) is 3.01. The van der Waals surface area contributed by atoms with E-state index in [2.05, 4.69) is 8.37 Å². The lowest BCUT2D eigenvalue weighted by Gasteiger charge is -2.14. The smallest absolute Gasteiger partial charge is 0.304 e. The third-order valence-electron chi connectivity index (χ3n) is 2.15. The van der Waals surface area contributed by atoms with Crippen molar-refractivity contribution >= 4 is 21.5 Å². The maximum absolute atomic E-state index is 10.8. The molecule has 0 spiro atoms. The standard InChI is InChI=1S/C7H14O10S2/c1-19(12,13)16-2-4-5(8)6(9)7(17-4)14-3-15-18(10)11/h4-9H,2-3H2,1H3,(H,10,11)/t4-,5-,6-,7?/m1/s1. The Morgan fingerprint density at radius 2 is 1.95 bits per heavy atom. The second kappa shape index (κ2) is 7.01. The van der Waals surface area contributed by atoms with E-state index in [9.17, 15) is 22.8 Å². The van der Waals surface area contributed by atoms with E-state index in [4.69, 9.17) is 14.0 Å². The van der Waals surface area contributed by atoms with Gasteiger partial charge in [0.25, 0.3) is 10.1 Å². The molecule has 0 aromatic carbocycles. The number of hydrogen-bond donors (Lipinski definition) is 3. The van der Waals surface area contributed by atoms with Crippen LogP contribution in [0.25, 0.3) is 0 Å². The van der Waals surface area contributed by atoms with E-state index in [-0.39, 0.29) is 0 Å². The van der Waals surface area contributed by atoms with Gasteiger partial charge in [-0.2, -0.15) is 12.6 Å². The van der Waals surface area contributed by atoms with E-state index in [1.807, 2.05) is 0 Å². The van der Waals surface area contributed by atoms with Crippen LogP contribution in [0.3, 0.4) is 0 Å². The molecule has 1 heterocycles. The summed E-state index contributed by atoms with van der Waals surface area (Å²) in [5.74, 6) is 0. The van der Waals surface area contributed by atoms with Crippen molar-refractivity contribution in [3.63, 3.8) is 0 Å². The molecule has 10 nitrogen and oxygen atoms in total. The number of aliphatic hydroxyl groups excluding tert-OH is 2. The molecule has 1 fully saturated rings. The summed E-state index contributed by atoms with van der Waals surface area (Å²) in [6.45, 7) is -1.15. The zero-order valence-corrected chi connectivity index (χ0v) is 11.4. The Bertz CT molecular complexity index is 408. The molecule has 0 radical (unpaired) electrons. The lowest BCUT2D eigenvalue weighted by Crippen LogP contribution is -2.35. The van der Waals surface area contributed by atoms with Crippen LogP contribution in [-0.2, 0) is 39.3 Å². The highest BCUT2D eigenvalue weighted by Crippen LogP contribution is 2.22. The average Bonchev–Trinajstić information content (AvgIpc) is 2.53. The maximum atomic E-state index is 10.8. The molecule has 0 saturated carbocycles. The Hall–Kier alpha value is -0.180. The molecule has 1 saturated heterocycles. The van der Waals surface area contributed by atoms with Crippen molar-refractivity contribution in [2.24, 2.45) is 0 Å². The van der Waals surface area contributed by atoms with Gasteiger partial charge in [0.15, 0.2) is 13.1 Å². The molecule has 114 valence electrons. The minimum Gasteiger partial charge on any atom is -0.387 e. The van der Waals surface area contributed by atoms with Crippen molar-refractivity contribution in [1.82, 2.24) is 0 Å². The summed E-state index contributed by atoms with van der Waals surface area (Å²) in [5, 5.41) is 19.1. The van der Waals surface area contributed by atoms with Gasteiger partial charge in [-0.05, 0) is 0 Å². The first kappa shape index (κ1) is 16.9. The van der Waals surface area contributed by atoms with Crippen molar-refractivity contribution in [3.8, 4) is 0 Å². The summed E-state index contributed by atoms with van der Waals surface area (Å²) >= 11 is -2.54. The highest BCUT2D eigenvalue weighted by molar-refractivity contribution is 7.85. The molecule has 0 bridgehead atoms. The summed E-state index contributed by atoms with van der Waals surface area (Å²) in [6, 6.07) is 0. The largest absolute Gasteiger partial charge is 0.387 e. The lowest BCUT2D eigenvalue weighted by atomic mass is 10.1. The van der Waals surface area contributed by atoms with Crippen LogP contribution in [0.4, 0.5) is 0 Å². The molecule has 1 aliphatic rings. The molecular formula is C7H14O10S2. The maximum Gasteiger partial charge on any atom is 0.304 e. The van der Waals surface area contributed by atoms with Gasteiger partial charge in [-0.1, -0.05) is 0 Å². The first-order valence-corrected chi connectivity index (χ1v) is 7.77. The van der Waals surface area contributed by atoms with Gasteiger partial charge in [-0.15, -0.1) is 0 Å². The summed E-state index contributed by atoms with van der Waals surface area (Å²) in [4.78, 5) is 0. The molecule has 12 heteroatoms. The highest BCUT2D eigenvalue weighted by Gasteiger charge is 2.44. The zero-order chi connectivity index (χ0) is 14.6. The van der Waals surface area contributed by atoms with Crippen molar-refractivity contribution in [2.45, 2.75) is 24.6 Å². The quantitative estimate of drug-likeness (QED) is 0.261. The Labute approximate surface area is 111 Å². The van der Waals surface area contributed by atoms with Gasteiger partial charge in [-0.3, -0.25) is 8.74 Å². The normalized spacial score (nSPS) is 33.5. The zero-order valence-electron chi connectivity index (χ0n) is 9.74. The van der Waals surface area contributed by atoms with Crippen LogP contribution in [-0.4, -0.2) is 71.7 Å². The fourth-order valence-electron chi connectivity index (χ4n) is 1.32. The second-order valence-corrected chi connectivity index (χ2v) is 5.95. The number of rotatable bonds is 7. The SMILES string of the molecule is CS(=O)(=O)OC[C@H]1OC(OCOS(=O)O)[C@H](O)[C@@H]1O. The van der Waals surface area contributed by atoms with E-state index in [1.54, 1.807) is 0 Å². The van der Waals surface area contributed by atoms with E-state index in [0.717, 1.165) is 6.26 Å². The Balaban J connectivity index is 2.44. The molecule has 3 N–H and O–H groups in total. The van der Waals surface area contributed by atoms with Gasteiger partial charge >= 0.3 is 11.4 Å². The number of hydrogen-bond acceptors (Lipinski definition) is 9. The van der Waals surface area contributed by atoms with Crippen LogP contribution in [0.1, 0.15) is 0 Å². The minimum atomic E-state index is -3.71. The summed E-state index contributed by atoms with van der Waals surface area (Å²) in [5.41, 5.74) is 0. The van der Waals surface area contributed by atoms with Crippen LogP contribution >= 0.6 is 0 Å². The predicted molar refractivity (Wildman–Crippen MR) is 59.3 cm³/mol. The number of ether oxygens (including phenoxy) is 2. The first-order chi connectivity index (χ1) is 8.70. The lowest BCUT2D eigenvalue weighted by molar-refractivity contribution is -0.194. The van der Waals surface area contributed by atoms with Gasteiger partial charge in [0.1, 0.15) is 18.3 Å². The molecule has 2 unspecified atom stereocenters. The van der Waals surface area contributed by atoms with Gasteiger partial charge < -0.3 is 19.7 Å². The first-order valence-electron chi connectivity index (χ1n) is 4.92. The van der Waals surface area contributed by atoms with Gasteiger partial charge in [0.2, 0.25) is 0 Å². The Morgan fingerprint density at radius 3 is 2.47 bits per heavy atom. The molecule has 0 amide bonds. The fraction of sp³-hybridized carbons (Fsp3) is 1.00. The highest BCUT2D eigenvalue weighted by atomic mass is 32.2. The molecule has 5 atom stereocenters. The van der Waals surface area contributed by atoms with Gasteiger partial charge in [0.05, 0.1) is 12.9 Å². The third kappa shape index (κ3) is 5.76. The van der Waals surface area contributed by atoms with Crippen molar-refractivity contribution in [3.05, 3.63) is 0 Å². The summed E-state index contributed by atoms with van der Waals surface area (Å²) in [7, 11) is -3.71. The molecule has 0 aromatic rings. The van der Waals surface area contributed by atoms with Gasteiger partial charge in [-0.25, -0.2) is 4.18 Å². The average molecular weight is 322 g/mol. The van der Waals surface area contributed by atoms with Gasteiger partial charge in [0, 0.05) is 0 Å². The summed E-state index contributed by atoms with van der Waals surface area (Å²) in [6.07, 6.45) is -4.51. The minimum absolute atomic E-state index is 0.496. The summed E-state index contributed by atoms with van der Waals surface area (Å²) < 4.78 is 58.3. The van der Waals surface area contributed by atoms with E-state index < -0.39 is 59.5 Å². The molecular weight excluding hydrogens is 308 g/mol. The predicted octanol–water partition coefficient (Wildman–Crippen LogP) is -2.46. The van der Waals surface area contributed by atoms with Crippen molar-refractivity contribution in [1.29, 1.82) is 0 Å².